The topological polar surface area (TPSA) is 21.6 Å². The zero-order valence-corrected chi connectivity index (χ0v) is 9.11. The third-order valence-electron chi connectivity index (χ3n) is 2.51. The van der Waals surface area contributed by atoms with Gasteiger partial charge in [0.25, 0.3) is 0 Å². The lowest BCUT2D eigenvalue weighted by Gasteiger charge is -2.06. The van der Waals surface area contributed by atoms with Crippen molar-refractivity contribution in [2.24, 2.45) is 4.99 Å². The van der Waals surface area contributed by atoms with Gasteiger partial charge >= 0.3 is 0 Å². The molecule has 3 heteroatoms. The highest BCUT2D eigenvalue weighted by Crippen LogP contribution is 2.39. The highest BCUT2D eigenvalue weighted by Gasteiger charge is 2.12. The van der Waals surface area contributed by atoms with E-state index in [1.807, 2.05) is 42.5 Å². The summed E-state index contributed by atoms with van der Waals surface area (Å²) in [5.41, 5.74) is 2.90. The molecule has 1 aliphatic rings. The number of hydrogen-bond acceptors (Lipinski definition) is 2. The summed E-state index contributed by atoms with van der Waals surface area (Å²) >= 11 is 5.94. The van der Waals surface area contributed by atoms with Crippen LogP contribution in [-0.2, 0) is 0 Å². The van der Waals surface area contributed by atoms with Gasteiger partial charge in [0.15, 0.2) is 6.40 Å². The van der Waals surface area contributed by atoms with Crippen LogP contribution in [0.2, 0.25) is 5.02 Å². The van der Waals surface area contributed by atoms with Crippen molar-refractivity contribution < 1.29 is 4.74 Å². The maximum atomic E-state index is 5.94. The molecule has 0 bridgehead atoms. The fourth-order valence-corrected chi connectivity index (χ4v) is 1.94. The van der Waals surface area contributed by atoms with Crippen molar-refractivity contribution in [1.29, 1.82) is 0 Å². The number of benzene rings is 2. The number of hydrogen-bond donors (Lipinski definition) is 0. The highest BCUT2D eigenvalue weighted by molar-refractivity contribution is 6.31. The summed E-state index contributed by atoms with van der Waals surface area (Å²) in [6.45, 7) is 0. The Bertz CT molecular complexity index is 578. The van der Waals surface area contributed by atoms with Crippen molar-refractivity contribution in [2.45, 2.75) is 0 Å². The Morgan fingerprint density at radius 3 is 2.81 bits per heavy atom. The lowest BCUT2D eigenvalue weighted by atomic mass is 10.0. The monoisotopic (exact) mass is 229 g/mol. The van der Waals surface area contributed by atoms with Gasteiger partial charge in [0.05, 0.1) is 5.69 Å². The number of halogens is 1. The molecule has 0 saturated carbocycles. The van der Waals surface area contributed by atoms with Gasteiger partial charge in [0, 0.05) is 16.1 Å². The minimum absolute atomic E-state index is 0.676. The number of ether oxygens (including phenoxy) is 1. The fraction of sp³-hybridized carbons (Fsp3) is 0. The van der Waals surface area contributed by atoms with Crippen LogP contribution in [-0.4, -0.2) is 6.40 Å². The average Bonchev–Trinajstić information content (AvgIpc) is 2.47. The van der Waals surface area contributed by atoms with E-state index in [0.717, 1.165) is 22.6 Å². The molecular weight excluding hydrogens is 222 g/mol. The van der Waals surface area contributed by atoms with E-state index in [2.05, 4.69) is 4.99 Å². The molecule has 0 radical (unpaired) electrons. The average molecular weight is 230 g/mol. The van der Waals surface area contributed by atoms with Gasteiger partial charge in [-0.15, -0.1) is 0 Å². The number of fused-ring (bicyclic) bond motifs is 3. The first-order valence-electron chi connectivity index (χ1n) is 4.93. The Morgan fingerprint density at radius 1 is 1.00 bits per heavy atom. The second-order valence-electron chi connectivity index (χ2n) is 3.51. The van der Waals surface area contributed by atoms with Crippen LogP contribution in [0.25, 0.3) is 11.1 Å². The van der Waals surface area contributed by atoms with Gasteiger partial charge in [-0.25, -0.2) is 4.99 Å². The normalized spacial score (nSPS) is 12.3. The highest BCUT2D eigenvalue weighted by atomic mass is 35.5. The van der Waals surface area contributed by atoms with E-state index in [4.69, 9.17) is 16.3 Å². The molecule has 2 aromatic carbocycles. The zero-order valence-electron chi connectivity index (χ0n) is 8.35. The molecule has 0 unspecified atom stereocenters. The van der Waals surface area contributed by atoms with Gasteiger partial charge in [-0.3, -0.25) is 0 Å². The Morgan fingerprint density at radius 2 is 1.88 bits per heavy atom. The van der Waals surface area contributed by atoms with Crippen LogP contribution in [0.5, 0.6) is 5.75 Å². The summed E-state index contributed by atoms with van der Waals surface area (Å²) in [5.74, 6) is 0.812. The van der Waals surface area contributed by atoms with E-state index in [0.29, 0.717) is 5.02 Å². The second kappa shape index (κ2) is 3.65. The van der Waals surface area contributed by atoms with Gasteiger partial charge < -0.3 is 4.74 Å². The summed E-state index contributed by atoms with van der Waals surface area (Å²) in [6.07, 6.45) is 1.45. The van der Waals surface area contributed by atoms with Gasteiger partial charge in [-0.05, 0) is 18.2 Å². The Kier molecular flexibility index (Phi) is 2.15. The van der Waals surface area contributed by atoms with E-state index in [9.17, 15) is 0 Å². The molecule has 78 valence electrons. The summed E-state index contributed by atoms with van der Waals surface area (Å²) in [7, 11) is 0. The molecule has 0 aliphatic carbocycles. The molecule has 0 aromatic heterocycles. The molecular formula is C13H8ClNO. The third kappa shape index (κ3) is 1.48. The standard InChI is InChI=1S/C13H8ClNO/c14-9-5-6-10-11-3-1-2-4-13(11)16-8-15-12(10)7-9/h1-8H. The van der Waals surface area contributed by atoms with Crippen molar-refractivity contribution in [3.8, 4) is 16.9 Å². The van der Waals surface area contributed by atoms with Gasteiger partial charge in [-0.2, -0.15) is 0 Å². The zero-order chi connectivity index (χ0) is 11.0. The van der Waals surface area contributed by atoms with E-state index in [-0.39, 0.29) is 0 Å². The minimum Gasteiger partial charge on any atom is -0.445 e. The predicted molar refractivity (Wildman–Crippen MR) is 65.7 cm³/mol. The lowest BCUT2D eigenvalue weighted by molar-refractivity contribution is 0.578. The van der Waals surface area contributed by atoms with Crippen LogP contribution < -0.4 is 4.74 Å². The molecule has 0 saturated heterocycles. The Hall–Kier alpha value is -1.80. The molecule has 2 aromatic rings. The van der Waals surface area contributed by atoms with E-state index in [1.165, 1.54) is 6.40 Å². The molecule has 16 heavy (non-hydrogen) atoms. The molecule has 0 N–H and O–H groups in total. The Balaban J connectivity index is 2.31. The van der Waals surface area contributed by atoms with Crippen molar-refractivity contribution in [2.75, 3.05) is 0 Å². The van der Waals surface area contributed by atoms with Crippen LogP contribution in [0.1, 0.15) is 0 Å². The minimum atomic E-state index is 0.676. The van der Waals surface area contributed by atoms with Crippen molar-refractivity contribution in [3.05, 3.63) is 47.5 Å². The molecule has 0 fully saturated rings. The van der Waals surface area contributed by atoms with Crippen LogP contribution in [0.4, 0.5) is 5.69 Å². The van der Waals surface area contributed by atoms with E-state index < -0.39 is 0 Å². The first-order chi connectivity index (χ1) is 7.84. The van der Waals surface area contributed by atoms with Crippen molar-refractivity contribution in [3.63, 3.8) is 0 Å². The molecule has 0 spiro atoms. The second-order valence-corrected chi connectivity index (χ2v) is 3.95. The van der Waals surface area contributed by atoms with Gasteiger partial charge in [0.1, 0.15) is 5.75 Å². The molecule has 1 aliphatic heterocycles. The van der Waals surface area contributed by atoms with Crippen LogP contribution in [0, 0.1) is 0 Å². The largest absolute Gasteiger partial charge is 0.445 e. The maximum absolute atomic E-state index is 5.94. The summed E-state index contributed by atoms with van der Waals surface area (Å²) in [6, 6.07) is 13.5. The SMILES string of the molecule is Clc1ccc2c(c1)N=COc1ccccc1-2. The van der Waals surface area contributed by atoms with Gasteiger partial charge in [-0.1, -0.05) is 35.9 Å². The van der Waals surface area contributed by atoms with Crippen LogP contribution in [0.15, 0.2) is 47.5 Å². The van der Waals surface area contributed by atoms with Crippen LogP contribution >= 0.6 is 11.6 Å². The summed E-state index contributed by atoms with van der Waals surface area (Å²) < 4.78 is 5.44. The number of para-hydroxylation sites is 1. The Labute approximate surface area is 98.2 Å². The lowest BCUT2D eigenvalue weighted by Crippen LogP contribution is -1.88. The third-order valence-corrected chi connectivity index (χ3v) is 2.74. The van der Waals surface area contributed by atoms with Crippen LogP contribution in [0.3, 0.4) is 0 Å². The fourth-order valence-electron chi connectivity index (χ4n) is 1.77. The van der Waals surface area contributed by atoms with Crippen molar-refractivity contribution >= 4 is 23.7 Å². The first-order valence-corrected chi connectivity index (χ1v) is 5.30. The predicted octanol–water partition coefficient (Wildman–Crippen LogP) is 4.06. The quantitative estimate of drug-likeness (QED) is 0.668. The molecule has 0 atom stereocenters. The van der Waals surface area contributed by atoms with E-state index >= 15 is 0 Å². The summed E-state index contributed by atoms with van der Waals surface area (Å²) in [4.78, 5) is 4.23. The molecule has 2 nitrogen and oxygen atoms in total. The number of aliphatic imine (C=N–C) groups is 1. The molecule has 0 amide bonds. The summed E-state index contributed by atoms with van der Waals surface area (Å²) in [5, 5.41) is 0.676. The molecule has 3 rings (SSSR count). The number of rotatable bonds is 0. The van der Waals surface area contributed by atoms with Gasteiger partial charge in [0.2, 0.25) is 0 Å². The molecule has 1 heterocycles. The maximum Gasteiger partial charge on any atom is 0.181 e. The number of nitrogens with zero attached hydrogens (tertiary/aromatic N) is 1. The van der Waals surface area contributed by atoms with E-state index in [1.54, 1.807) is 0 Å². The first kappa shape index (κ1) is 9.43. The van der Waals surface area contributed by atoms with Crippen molar-refractivity contribution in [1.82, 2.24) is 0 Å². The smallest absolute Gasteiger partial charge is 0.181 e.